The molecule has 0 amide bonds. The van der Waals surface area contributed by atoms with Gasteiger partial charge in [-0.2, -0.15) is 0 Å². The largest absolute Gasteiger partial charge is 0.374 e. The van der Waals surface area contributed by atoms with Crippen LogP contribution in [0.5, 0.6) is 0 Å². The molecule has 1 aromatic heterocycles. The molecule has 0 aliphatic carbocycles. The number of nitrogens with zero attached hydrogens (tertiary/aromatic N) is 1. The molecule has 2 saturated heterocycles. The Morgan fingerprint density at radius 1 is 1.50 bits per heavy atom. The minimum atomic E-state index is 0.446. The summed E-state index contributed by atoms with van der Waals surface area (Å²) < 4.78 is 5.89. The number of hydrogen-bond donors (Lipinski definition) is 1. The molecule has 2 aliphatic heterocycles. The van der Waals surface area contributed by atoms with Crippen molar-refractivity contribution >= 4 is 11.3 Å². The van der Waals surface area contributed by atoms with Gasteiger partial charge in [0.05, 0.1) is 22.9 Å². The lowest BCUT2D eigenvalue weighted by Crippen LogP contribution is -2.13. The SMILES string of the molecule is Cc1nc(C2CC3CCC2O3)sc1CCN. The van der Waals surface area contributed by atoms with Gasteiger partial charge >= 0.3 is 0 Å². The van der Waals surface area contributed by atoms with Crippen LogP contribution in [0.1, 0.15) is 40.8 Å². The predicted octanol–water partition coefficient (Wildman–Crippen LogP) is 1.99. The Morgan fingerprint density at radius 2 is 2.38 bits per heavy atom. The van der Waals surface area contributed by atoms with Crippen molar-refractivity contribution in [3.05, 3.63) is 15.6 Å². The van der Waals surface area contributed by atoms with E-state index in [0.29, 0.717) is 18.1 Å². The predicted molar refractivity (Wildman–Crippen MR) is 64.9 cm³/mol. The molecule has 4 heteroatoms. The minimum Gasteiger partial charge on any atom is -0.374 e. The fourth-order valence-electron chi connectivity index (χ4n) is 2.87. The molecule has 0 spiro atoms. The molecule has 0 saturated carbocycles. The second-order valence-electron chi connectivity index (χ2n) is 4.82. The fourth-order valence-corrected chi connectivity index (χ4v) is 4.12. The van der Waals surface area contributed by atoms with Gasteiger partial charge in [0.1, 0.15) is 0 Å². The highest BCUT2D eigenvalue weighted by molar-refractivity contribution is 7.11. The summed E-state index contributed by atoms with van der Waals surface area (Å²) in [7, 11) is 0. The maximum atomic E-state index is 5.89. The van der Waals surface area contributed by atoms with Crippen LogP contribution in [0.25, 0.3) is 0 Å². The number of rotatable bonds is 3. The molecule has 3 rings (SSSR count). The Labute approximate surface area is 100 Å². The molecule has 3 nitrogen and oxygen atoms in total. The highest BCUT2D eigenvalue weighted by atomic mass is 32.1. The molecule has 2 bridgehead atoms. The number of fused-ring (bicyclic) bond motifs is 2. The van der Waals surface area contributed by atoms with Crippen LogP contribution < -0.4 is 5.73 Å². The highest BCUT2D eigenvalue weighted by Crippen LogP contribution is 2.45. The lowest BCUT2D eigenvalue weighted by atomic mass is 9.90. The Kier molecular flexibility index (Phi) is 2.73. The van der Waals surface area contributed by atoms with Gasteiger partial charge in [0, 0.05) is 10.8 Å². The first-order valence-electron chi connectivity index (χ1n) is 6.09. The van der Waals surface area contributed by atoms with Crippen LogP contribution in [0.3, 0.4) is 0 Å². The van der Waals surface area contributed by atoms with Gasteiger partial charge in [0.25, 0.3) is 0 Å². The Balaban J connectivity index is 1.82. The summed E-state index contributed by atoms with van der Waals surface area (Å²) in [5, 5.41) is 1.29. The van der Waals surface area contributed by atoms with Crippen LogP contribution in [0, 0.1) is 6.92 Å². The average Bonchev–Trinajstić information content (AvgIpc) is 2.94. The van der Waals surface area contributed by atoms with Gasteiger partial charge < -0.3 is 10.5 Å². The lowest BCUT2D eigenvalue weighted by molar-refractivity contribution is 0.101. The van der Waals surface area contributed by atoms with Crippen molar-refractivity contribution in [2.24, 2.45) is 5.73 Å². The first kappa shape index (κ1) is 10.7. The summed E-state index contributed by atoms with van der Waals surface area (Å²) in [6, 6.07) is 0. The van der Waals surface area contributed by atoms with Crippen molar-refractivity contribution in [2.45, 2.75) is 50.7 Å². The van der Waals surface area contributed by atoms with Gasteiger partial charge in [-0.15, -0.1) is 11.3 Å². The van der Waals surface area contributed by atoms with E-state index in [9.17, 15) is 0 Å². The number of ether oxygens (including phenoxy) is 1. The quantitative estimate of drug-likeness (QED) is 0.876. The van der Waals surface area contributed by atoms with Gasteiger partial charge in [-0.25, -0.2) is 4.98 Å². The standard InChI is InChI=1S/C12H18N2OS/c1-7-11(4-5-13)16-12(14-7)9-6-8-2-3-10(9)15-8/h8-10H,2-6,13H2,1H3. The fraction of sp³-hybridized carbons (Fsp3) is 0.750. The van der Waals surface area contributed by atoms with E-state index in [1.54, 1.807) is 0 Å². The highest BCUT2D eigenvalue weighted by Gasteiger charge is 2.42. The third-order valence-electron chi connectivity index (χ3n) is 3.70. The van der Waals surface area contributed by atoms with Gasteiger partial charge in [0.15, 0.2) is 0 Å². The second-order valence-corrected chi connectivity index (χ2v) is 5.93. The Morgan fingerprint density at radius 3 is 3.00 bits per heavy atom. The number of nitrogens with two attached hydrogens (primary N) is 1. The van der Waals surface area contributed by atoms with Crippen molar-refractivity contribution in [3.63, 3.8) is 0 Å². The zero-order valence-corrected chi connectivity index (χ0v) is 10.4. The zero-order chi connectivity index (χ0) is 11.1. The number of hydrogen-bond acceptors (Lipinski definition) is 4. The van der Waals surface area contributed by atoms with E-state index >= 15 is 0 Å². The molecule has 2 N–H and O–H groups in total. The van der Waals surface area contributed by atoms with Crippen LogP contribution in [-0.4, -0.2) is 23.7 Å². The zero-order valence-electron chi connectivity index (χ0n) is 9.61. The van der Waals surface area contributed by atoms with Crippen molar-refractivity contribution in [2.75, 3.05) is 6.54 Å². The van der Waals surface area contributed by atoms with E-state index < -0.39 is 0 Å². The maximum Gasteiger partial charge on any atom is 0.0988 e. The summed E-state index contributed by atoms with van der Waals surface area (Å²) in [6.07, 6.45) is 5.57. The topological polar surface area (TPSA) is 48.1 Å². The van der Waals surface area contributed by atoms with E-state index in [0.717, 1.165) is 13.0 Å². The first-order chi connectivity index (χ1) is 7.78. The van der Waals surface area contributed by atoms with Gasteiger partial charge in [-0.1, -0.05) is 0 Å². The van der Waals surface area contributed by atoms with E-state index in [2.05, 4.69) is 6.92 Å². The normalized spacial score (nSPS) is 32.5. The summed E-state index contributed by atoms with van der Waals surface area (Å²) in [6.45, 7) is 2.81. The molecule has 3 heterocycles. The summed E-state index contributed by atoms with van der Waals surface area (Å²) >= 11 is 1.85. The van der Waals surface area contributed by atoms with E-state index in [4.69, 9.17) is 15.5 Å². The molecule has 88 valence electrons. The third kappa shape index (κ3) is 1.69. The van der Waals surface area contributed by atoms with Crippen molar-refractivity contribution in [1.29, 1.82) is 0 Å². The van der Waals surface area contributed by atoms with Gasteiger partial charge in [-0.05, 0) is 39.2 Å². The molecule has 3 unspecified atom stereocenters. The number of thiazole rings is 1. The van der Waals surface area contributed by atoms with Crippen LogP contribution in [-0.2, 0) is 11.2 Å². The summed E-state index contributed by atoms with van der Waals surface area (Å²) in [5.41, 5.74) is 6.78. The second kappa shape index (κ2) is 4.09. The number of aryl methyl sites for hydroxylation is 1. The van der Waals surface area contributed by atoms with Crippen LogP contribution >= 0.6 is 11.3 Å². The molecule has 3 atom stereocenters. The van der Waals surface area contributed by atoms with Crippen molar-refractivity contribution < 1.29 is 4.74 Å². The first-order valence-corrected chi connectivity index (χ1v) is 6.91. The van der Waals surface area contributed by atoms with E-state index in [-0.39, 0.29) is 0 Å². The Hall–Kier alpha value is -0.450. The Bertz CT molecular complexity index is 390. The molecule has 0 radical (unpaired) electrons. The molecular formula is C12H18N2OS. The minimum absolute atomic E-state index is 0.446. The maximum absolute atomic E-state index is 5.89. The van der Waals surface area contributed by atoms with Gasteiger partial charge in [-0.3, -0.25) is 0 Å². The summed E-state index contributed by atoms with van der Waals surface area (Å²) in [4.78, 5) is 6.07. The van der Waals surface area contributed by atoms with Crippen molar-refractivity contribution in [3.8, 4) is 0 Å². The average molecular weight is 238 g/mol. The summed E-state index contributed by atoms with van der Waals surface area (Å²) in [5.74, 6) is 0.564. The molecule has 0 aromatic carbocycles. The monoisotopic (exact) mass is 238 g/mol. The van der Waals surface area contributed by atoms with Crippen LogP contribution in [0.15, 0.2) is 0 Å². The third-order valence-corrected chi connectivity index (χ3v) is 5.05. The van der Waals surface area contributed by atoms with Gasteiger partial charge in [0.2, 0.25) is 0 Å². The smallest absolute Gasteiger partial charge is 0.0988 e. The molecule has 1 aromatic rings. The van der Waals surface area contributed by atoms with E-state index in [1.165, 1.54) is 34.8 Å². The van der Waals surface area contributed by atoms with Crippen LogP contribution in [0.2, 0.25) is 0 Å². The lowest BCUT2D eigenvalue weighted by Gasteiger charge is -2.15. The number of aromatic nitrogens is 1. The molecule has 16 heavy (non-hydrogen) atoms. The molecular weight excluding hydrogens is 220 g/mol. The van der Waals surface area contributed by atoms with E-state index in [1.807, 2.05) is 11.3 Å². The van der Waals surface area contributed by atoms with Crippen LogP contribution in [0.4, 0.5) is 0 Å². The van der Waals surface area contributed by atoms with Crippen molar-refractivity contribution in [1.82, 2.24) is 4.98 Å². The molecule has 2 fully saturated rings. The molecule has 2 aliphatic rings.